The minimum Gasteiger partial charge on any atom is -0.496 e. The lowest BCUT2D eigenvalue weighted by atomic mass is 9.90. The van der Waals surface area contributed by atoms with Crippen LogP contribution >= 0.6 is 23.8 Å². The third-order valence-electron chi connectivity index (χ3n) is 5.06. The Morgan fingerprint density at radius 2 is 1.83 bits per heavy atom. The number of fused-ring (bicyclic) bond motifs is 1. The molecule has 1 amide bonds. The molecule has 0 spiro atoms. The predicted octanol–water partition coefficient (Wildman–Crippen LogP) is 4.93. The topological polar surface area (TPSA) is 62.4 Å². The van der Waals surface area contributed by atoms with Gasteiger partial charge in [-0.3, -0.25) is 4.79 Å². The zero-order valence-electron chi connectivity index (χ0n) is 16.5. The van der Waals surface area contributed by atoms with Gasteiger partial charge in [-0.05, 0) is 60.2 Å². The maximum absolute atomic E-state index is 13.3. The zero-order valence-corrected chi connectivity index (χ0v) is 18.0. The molecule has 4 rings (SSSR count). The molecule has 3 aromatic carbocycles. The molecule has 0 bridgehead atoms. The molecule has 1 heterocycles. The van der Waals surface area contributed by atoms with Gasteiger partial charge < -0.3 is 20.7 Å². The minimum absolute atomic E-state index is 0.239. The van der Waals surface area contributed by atoms with Gasteiger partial charge in [-0.2, -0.15) is 0 Å². The summed E-state index contributed by atoms with van der Waals surface area (Å²) in [5.41, 5.74) is 2.74. The fraction of sp³-hybridized carbons (Fsp3) is 0.130. The highest BCUT2D eigenvalue weighted by Gasteiger charge is 2.33. The maximum atomic E-state index is 13.3. The van der Waals surface area contributed by atoms with Crippen LogP contribution in [0.2, 0.25) is 5.02 Å². The fourth-order valence-corrected chi connectivity index (χ4v) is 4.09. The molecule has 0 saturated carbocycles. The summed E-state index contributed by atoms with van der Waals surface area (Å²) in [6.07, 6.45) is 0. The van der Waals surface area contributed by atoms with Gasteiger partial charge in [0.05, 0.1) is 18.7 Å². The monoisotopic (exact) mass is 437 g/mol. The highest BCUT2D eigenvalue weighted by atomic mass is 35.5. The Bertz CT molecular complexity index is 1170. The number of halogens is 1. The Morgan fingerprint density at radius 1 is 1.10 bits per heavy atom. The molecule has 1 atom stereocenters. The van der Waals surface area contributed by atoms with E-state index in [4.69, 9.17) is 28.6 Å². The maximum Gasteiger partial charge on any atom is 0.255 e. The number of allylic oxidation sites excluding steroid dienone is 1. The van der Waals surface area contributed by atoms with E-state index in [2.05, 4.69) is 16.0 Å². The first-order valence-electron chi connectivity index (χ1n) is 9.39. The summed E-state index contributed by atoms with van der Waals surface area (Å²) in [4.78, 5) is 13.3. The summed E-state index contributed by atoms with van der Waals surface area (Å²) >= 11 is 11.4. The Labute approximate surface area is 185 Å². The largest absolute Gasteiger partial charge is 0.496 e. The van der Waals surface area contributed by atoms with E-state index in [1.165, 1.54) is 0 Å². The van der Waals surface area contributed by atoms with E-state index in [0.717, 1.165) is 16.3 Å². The van der Waals surface area contributed by atoms with Crippen LogP contribution in [0.4, 0.5) is 5.69 Å². The highest BCUT2D eigenvalue weighted by molar-refractivity contribution is 7.80. The number of anilines is 1. The average molecular weight is 438 g/mol. The minimum atomic E-state index is -0.480. The lowest BCUT2D eigenvalue weighted by molar-refractivity contribution is -0.113. The molecule has 152 valence electrons. The number of ether oxygens (including phenoxy) is 1. The van der Waals surface area contributed by atoms with Crippen LogP contribution in [0.25, 0.3) is 10.8 Å². The molecule has 1 aliphatic heterocycles. The van der Waals surface area contributed by atoms with E-state index in [9.17, 15) is 4.79 Å². The van der Waals surface area contributed by atoms with Gasteiger partial charge in [-0.1, -0.05) is 41.9 Å². The van der Waals surface area contributed by atoms with Crippen molar-refractivity contribution in [1.82, 2.24) is 10.6 Å². The van der Waals surface area contributed by atoms with E-state index in [-0.39, 0.29) is 5.91 Å². The lowest BCUT2D eigenvalue weighted by Gasteiger charge is -2.32. The number of hydrogen-bond acceptors (Lipinski definition) is 3. The van der Waals surface area contributed by atoms with Gasteiger partial charge >= 0.3 is 0 Å². The summed E-state index contributed by atoms with van der Waals surface area (Å²) in [5.74, 6) is 0.442. The van der Waals surface area contributed by atoms with E-state index >= 15 is 0 Å². The molecule has 1 aliphatic rings. The van der Waals surface area contributed by atoms with Crippen LogP contribution in [0, 0.1) is 0 Å². The van der Waals surface area contributed by atoms with Crippen molar-refractivity contribution in [3.05, 3.63) is 82.5 Å². The molecule has 0 aliphatic carbocycles. The molecule has 7 heteroatoms. The van der Waals surface area contributed by atoms with E-state index in [1.807, 2.05) is 43.3 Å². The molecule has 5 nitrogen and oxygen atoms in total. The Morgan fingerprint density at radius 3 is 2.57 bits per heavy atom. The summed E-state index contributed by atoms with van der Waals surface area (Å²) in [6.45, 7) is 1.84. The third-order valence-corrected chi connectivity index (χ3v) is 5.53. The Hall–Kier alpha value is -3.09. The number of carbonyl (C=O) groups excluding carboxylic acids is 1. The first kappa shape index (κ1) is 20.2. The molecule has 0 fully saturated rings. The summed E-state index contributed by atoms with van der Waals surface area (Å²) in [7, 11) is 1.62. The van der Waals surface area contributed by atoms with Crippen molar-refractivity contribution in [2.45, 2.75) is 13.0 Å². The van der Waals surface area contributed by atoms with Gasteiger partial charge in [0.15, 0.2) is 5.11 Å². The van der Waals surface area contributed by atoms with E-state index in [0.29, 0.717) is 32.8 Å². The lowest BCUT2D eigenvalue weighted by Crippen LogP contribution is -2.46. The van der Waals surface area contributed by atoms with Crippen LogP contribution in [-0.4, -0.2) is 18.1 Å². The third kappa shape index (κ3) is 3.84. The smallest absolute Gasteiger partial charge is 0.255 e. The van der Waals surface area contributed by atoms with Crippen LogP contribution < -0.4 is 20.7 Å². The van der Waals surface area contributed by atoms with Gasteiger partial charge in [0.2, 0.25) is 0 Å². The van der Waals surface area contributed by atoms with E-state index in [1.54, 1.807) is 31.4 Å². The standard InChI is InChI=1S/C23H20ClN3O2S/c1-13-19(22(28)26-16-10-8-15(24)9-11-16)21(27-23(30)25-13)20-17-6-4-3-5-14(17)7-12-18(20)29-2/h3-12,21H,1-2H3,(H,26,28)(H2,25,27,30)/t21-/m1/s1. The normalized spacial score (nSPS) is 16.1. The number of rotatable bonds is 4. The number of nitrogens with one attached hydrogen (secondary N) is 3. The van der Waals surface area contributed by atoms with Crippen molar-refractivity contribution in [3.63, 3.8) is 0 Å². The van der Waals surface area contributed by atoms with Crippen LogP contribution in [-0.2, 0) is 4.79 Å². The first-order valence-corrected chi connectivity index (χ1v) is 10.2. The Kier molecular flexibility index (Phi) is 5.61. The molecule has 30 heavy (non-hydrogen) atoms. The molecule has 0 saturated heterocycles. The number of thiocarbonyl (C=S) groups is 1. The average Bonchev–Trinajstić information content (AvgIpc) is 2.73. The number of amides is 1. The molecule has 3 aromatic rings. The summed E-state index contributed by atoms with van der Waals surface area (Å²) < 4.78 is 5.66. The second kappa shape index (κ2) is 8.34. The number of methoxy groups -OCH3 is 1. The molecular formula is C23H20ClN3O2S. The zero-order chi connectivity index (χ0) is 21.3. The Balaban J connectivity index is 1.82. The van der Waals surface area contributed by atoms with Crippen LogP contribution in [0.1, 0.15) is 18.5 Å². The number of carbonyl (C=O) groups is 1. The highest BCUT2D eigenvalue weighted by Crippen LogP contribution is 2.38. The second-order valence-corrected chi connectivity index (χ2v) is 7.78. The molecular weight excluding hydrogens is 418 g/mol. The van der Waals surface area contributed by atoms with Gasteiger partial charge in [0.25, 0.3) is 5.91 Å². The van der Waals surface area contributed by atoms with Crippen LogP contribution in [0.3, 0.4) is 0 Å². The van der Waals surface area contributed by atoms with Gasteiger partial charge in [0.1, 0.15) is 5.75 Å². The molecule has 0 unspecified atom stereocenters. The van der Waals surface area contributed by atoms with Gasteiger partial charge in [0, 0.05) is 22.0 Å². The molecule has 3 N–H and O–H groups in total. The molecule has 0 radical (unpaired) electrons. The second-order valence-electron chi connectivity index (χ2n) is 6.93. The SMILES string of the molecule is COc1ccc2ccccc2c1[C@@H]1NC(=S)NC(C)=C1C(=O)Nc1ccc(Cl)cc1. The van der Waals surface area contributed by atoms with Crippen LogP contribution in [0.5, 0.6) is 5.75 Å². The quantitative estimate of drug-likeness (QED) is 0.505. The fourth-order valence-electron chi connectivity index (χ4n) is 3.69. The predicted molar refractivity (Wildman–Crippen MR) is 125 cm³/mol. The van der Waals surface area contributed by atoms with Gasteiger partial charge in [-0.25, -0.2) is 0 Å². The summed E-state index contributed by atoms with van der Waals surface area (Å²) in [6, 6.07) is 18.4. The van der Waals surface area contributed by atoms with Crippen molar-refractivity contribution in [3.8, 4) is 5.75 Å². The van der Waals surface area contributed by atoms with Crippen LogP contribution in [0.15, 0.2) is 71.9 Å². The summed E-state index contributed by atoms with van der Waals surface area (Å²) in [5, 5.41) is 12.4. The van der Waals surface area contributed by atoms with E-state index < -0.39 is 6.04 Å². The number of benzene rings is 3. The number of hydrogen-bond donors (Lipinski definition) is 3. The first-order chi connectivity index (χ1) is 14.5. The van der Waals surface area contributed by atoms with Crippen molar-refractivity contribution in [2.24, 2.45) is 0 Å². The van der Waals surface area contributed by atoms with Crippen molar-refractivity contribution in [1.29, 1.82) is 0 Å². The van der Waals surface area contributed by atoms with Gasteiger partial charge in [-0.15, -0.1) is 0 Å². The van der Waals surface area contributed by atoms with Crippen molar-refractivity contribution in [2.75, 3.05) is 12.4 Å². The van der Waals surface area contributed by atoms with Crippen molar-refractivity contribution >= 4 is 51.3 Å². The molecule has 0 aromatic heterocycles. The van der Waals surface area contributed by atoms with Crippen molar-refractivity contribution < 1.29 is 9.53 Å².